The van der Waals surface area contributed by atoms with Crippen molar-refractivity contribution in [2.75, 3.05) is 33.9 Å². The SMILES string of the molecule is COc1ccccc1OCC(=O)N(C)CCOc1cccc(C)c1. The number of rotatable bonds is 8. The fourth-order valence-electron chi connectivity index (χ4n) is 2.12. The monoisotopic (exact) mass is 329 g/mol. The fourth-order valence-corrected chi connectivity index (χ4v) is 2.12. The van der Waals surface area contributed by atoms with Gasteiger partial charge in [-0.1, -0.05) is 24.3 Å². The molecule has 128 valence electrons. The lowest BCUT2D eigenvalue weighted by atomic mass is 10.2. The first-order valence-electron chi connectivity index (χ1n) is 7.79. The Kier molecular flexibility index (Phi) is 6.49. The summed E-state index contributed by atoms with van der Waals surface area (Å²) < 4.78 is 16.4. The van der Waals surface area contributed by atoms with E-state index in [1.807, 2.05) is 43.3 Å². The van der Waals surface area contributed by atoms with Gasteiger partial charge in [0.25, 0.3) is 5.91 Å². The summed E-state index contributed by atoms with van der Waals surface area (Å²) in [7, 11) is 3.30. The number of likely N-dealkylation sites (N-methyl/N-ethyl adjacent to an activating group) is 1. The van der Waals surface area contributed by atoms with Crippen molar-refractivity contribution in [2.24, 2.45) is 0 Å². The van der Waals surface area contributed by atoms with E-state index in [2.05, 4.69) is 0 Å². The molecule has 0 aliphatic carbocycles. The number of aryl methyl sites for hydroxylation is 1. The molecule has 0 bridgehead atoms. The summed E-state index contributed by atoms with van der Waals surface area (Å²) in [6.45, 7) is 2.89. The van der Waals surface area contributed by atoms with Crippen molar-refractivity contribution in [1.29, 1.82) is 0 Å². The molecule has 2 aromatic carbocycles. The Bertz CT molecular complexity index is 672. The topological polar surface area (TPSA) is 48.0 Å². The average Bonchev–Trinajstić information content (AvgIpc) is 2.59. The van der Waals surface area contributed by atoms with Crippen LogP contribution >= 0.6 is 0 Å². The van der Waals surface area contributed by atoms with Gasteiger partial charge >= 0.3 is 0 Å². The van der Waals surface area contributed by atoms with E-state index in [9.17, 15) is 4.79 Å². The molecule has 0 saturated carbocycles. The van der Waals surface area contributed by atoms with Gasteiger partial charge in [0.2, 0.25) is 0 Å². The second-order valence-electron chi connectivity index (χ2n) is 5.42. The highest BCUT2D eigenvalue weighted by atomic mass is 16.5. The molecule has 1 amide bonds. The minimum Gasteiger partial charge on any atom is -0.493 e. The van der Waals surface area contributed by atoms with E-state index >= 15 is 0 Å². The number of benzene rings is 2. The van der Waals surface area contributed by atoms with Gasteiger partial charge in [0.15, 0.2) is 18.1 Å². The molecule has 0 fully saturated rings. The zero-order chi connectivity index (χ0) is 17.4. The van der Waals surface area contributed by atoms with Crippen LogP contribution in [0.2, 0.25) is 0 Å². The van der Waals surface area contributed by atoms with Gasteiger partial charge in [-0.25, -0.2) is 0 Å². The van der Waals surface area contributed by atoms with Crippen LogP contribution in [0.15, 0.2) is 48.5 Å². The van der Waals surface area contributed by atoms with Crippen molar-refractivity contribution >= 4 is 5.91 Å². The van der Waals surface area contributed by atoms with Crippen molar-refractivity contribution in [3.05, 3.63) is 54.1 Å². The van der Waals surface area contributed by atoms with Crippen molar-refractivity contribution in [1.82, 2.24) is 4.90 Å². The molecule has 2 aromatic rings. The van der Waals surface area contributed by atoms with E-state index in [1.54, 1.807) is 31.2 Å². The molecule has 2 rings (SSSR count). The van der Waals surface area contributed by atoms with E-state index in [4.69, 9.17) is 14.2 Å². The molecule has 0 aromatic heterocycles. The largest absolute Gasteiger partial charge is 0.493 e. The van der Waals surface area contributed by atoms with Crippen molar-refractivity contribution in [2.45, 2.75) is 6.92 Å². The maximum atomic E-state index is 12.1. The van der Waals surface area contributed by atoms with Crippen LogP contribution in [0.1, 0.15) is 5.56 Å². The minimum atomic E-state index is -0.117. The van der Waals surface area contributed by atoms with Crippen molar-refractivity contribution in [3.8, 4) is 17.2 Å². The highest BCUT2D eigenvalue weighted by molar-refractivity contribution is 5.77. The molecule has 0 spiro atoms. The van der Waals surface area contributed by atoms with E-state index in [0.29, 0.717) is 24.7 Å². The summed E-state index contributed by atoms with van der Waals surface area (Å²) in [6, 6.07) is 15.1. The fraction of sp³-hybridized carbons (Fsp3) is 0.316. The maximum Gasteiger partial charge on any atom is 0.260 e. The van der Waals surface area contributed by atoms with Gasteiger partial charge in [-0.05, 0) is 36.8 Å². The van der Waals surface area contributed by atoms with E-state index < -0.39 is 0 Å². The molecule has 0 radical (unpaired) electrons. The third kappa shape index (κ3) is 5.19. The zero-order valence-corrected chi connectivity index (χ0v) is 14.3. The quantitative estimate of drug-likeness (QED) is 0.747. The molecule has 0 aliphatic heterocycles. The Morgan fingerprint density at radius 2 is 1.79 bits per heavy atom. The Morgan fingerprint density at radius 3 is 2.50 bits per heavy atom. The number of nitrogens with zero attached hydrogens (tertiary/aromatic N) is 1. The van der Waals surface area contributed by atoms with E-state index in [-0.39, 0.29) is 12.5 Å². The molecule has 5 nitrogen and oxygen atoms in total. The van der Waals surface area contributed by atoms with Crippen LogP contribution < -0.4 is 14.2 Å². The lowest BCUT2D eigenvalue weighted by molar-refractivity contribution is -0.132. The number of hydrogen-bond acceptors (Lipinski definition) is 4. The zero-order valence-electron chi connectivity index (χ0n) is 14.3. The van der Waals surface area contributed by atoms with Gasteiger partial charge in [-0.15, -0.1) is 0 Å². The summed E-state index contributed by atoms with van der Waals surface area (Å²) in [5, 5.41) is 0. The third-order valence-electron chi connectivity index (χ3n) is 3.53. The number of carbonyl (C=O) groups is 1. The number of amides is 1. The molecule has 24 heavy (non-hydrogen) atoms. The Balaban J connectivity index is 1.76. The first kappa shape index (κ1) is 17.7. The number of hydrogen-bond donors (Lipinski definition) is 0. The Labute approximate surface area is 142 Å². The molecule has 0 saturated heterocycles. The summed E-state index contributed by atoms with van der Waals surface area (Å²) in [6.07, 6.45) is 0. The number of carbonyl (C=O) groups excluding carboxylic acids is 1. The average molecular weight is 329 g/mol. The summed E-state index contributed by atoms with van der Waals surface area (Å²) in [4.78, 5) is 13.7. The maximum absolute atomic E-state index is 12.1. The smallest absolute Gasteiger partial charge is 0.260 e. The van der Waals surface area contributed by atoms with E-state index in [1.165, 1.54) is 0 Å². The lowest BCUT2D eigenvalue weighted by Crippen LogP contribution is -2.34. The van der Waals surface area contributed by atoms with Crippen LogP contribution in [0.4, 0.5) is 0 Å². The first-order valence-corrected chi connectivity index (χ1v) is 7.79. The van der Waals surface area contributed by atoms with Crippen LogP contribution in [-0.2, 0) is 4.79 Å². The van der Waals surface area contributed by atoms with Crippen LogP contribution in [0.5, 0.6) is 17.2 Å². The standard InChI is InChI=1S/C19H23NO4/c1-15-7-6-8-16(13-15)23-12-11-20(2)19(21)14-24-18-10-5-4-9-17(18)22-3/h4-10,13H,11-12,14H2,1-3H3. The highest BCUT2D eigenvalue weighted by Crippen LogP contribution is 2.25. The van der Waals surface area contributed by atoms with Gasteiger partial charge in [0.1, 0.15) is 12.4 Å². The van der Waals surface area contributed by atoms with Crippen molar-refractivity contribution < 1.29 is 19.0 Å². The summed E-state index contributed by atoms with van der Waals surface area (Å²) >= 11 is 0. The van der Waals surface area contributed by atoms with Crippen molar-refractivity contribution in [3.63, 3.8) is 0 Å². The minimum absolute atomic E-state index is 0.0404. The molecule has 0 aliphatic rings. The van der Waals surface area contributed by atoms with Gasteiger partial charge in [0.05, 0.1) is 13.7 Å². The van der Waals surface area contributed by atoms with Gasteiger partial charge < -0.3 is 19.1 Å². The first-order chi connectivity index (χ1) is 11.6. The van der Waals surface area contributed by atoms with Gasteiger partial charge in [-0.2, -0.15) is 0 Å². The van der Waals surface area contributed by atoms with Crippen LogP contribution in [0.25, 0.3) is 0 Å². The Morgan fingerprint density at radius 1 is 1.04 bits per heavy atom. The molecule has 0 heterocycles. The molecule has 0 unspecified atom stereocenters. The predicted molar refractivity (Wildman–Crippen MR) is 92.8 cm³/mol. The number of ether oxygens (including phenoxy) is 3. The number of para-hydroxylation sites is 2. The van der Waals surface area contributed by atoms with Gasteiger partial charge in [-0.3, -0.25) is 4.79 Å². The van der Waals surface area contributed by atoms with Gasteiger partial charge in [0, 0.05) is 7.05 Å². The molecular weight excluding hydrogens is 306 g/mol. The van der Waals surface area contributed by atoms with Crippen LogP contribution in [-0.4, -0.2) is 44.7 Å². The second kappa shape index (κ2) is 8.82. The number of methoxy groups -OCH3 is 1. The molecule has 0 atom stereocenters. The molecular formula is C19H23NO4. The summed E-state index contributed by atoms with van der Waals surface area (Å²) in [5.41, 5.74) is 1.14. The normalized spacial score (nSPS) is 10.1. The predicted octanol–water partition coefficient (Wildman–Crippen LogP) is 2.92. The third-order valence-corrected chi connectivity index (χ3v) is 3.53. The summed E-state index contributed by atoms with van der Waals surface area (Å²) in [5.74, 6) is 1.85. The Hall–Kier alpha value is -2.69. The second-order valence-corrected chi connectivity index (χ2v) is 5.42. The van der Waals surface area contributed by atoms with E-state index in [0.717, 1.165) is 11.3 Å². The van der Waals surface area contributed by atoms with Crippen LogP contribution in [0.3, 0.4) is 0 Å². The highest BCUT2D eigenvalue weighted by Gasteiger charge is 2.11. The molecule has 5 heteroatoms. The lowest BCUT2D eigenvalue weighted by Gasteiger charge is -2.18. The van der Waals surface area contributed by atoms with Crippen LogP contribution in [0, 0.1) is 6.92 Å². The molecule has 0 N–H and O–H groups in total.